The van der Waals surface area contributed by atoms with Gasteiger partial charge in [-0.2, -0.15) is 0 Å². The highest BCUT2D eigenvalue weighted by Crippen LogP contribution is 2.31. The van der Waals surface area contributed by atoms with Gasteiger partial charge >= 0.3 is 0 Å². The van der Waals surface area contributed by atoms with Crippen molar-refractivity contribution in [2.75, 3.05) is 6.54 Å². The third-order valence-corrected chi connectivity index (χ3v) is 3.66. The summed E-state index contributed by atoms with van der Waals surface area (Å²) in [5.41, 5.74) is 0. The summed E-state index contributed by atoms with van der Waals surface area (Å²) in [6, 6.07) is -0.0437. The maximum Gasteiger partial charge on any atom is 0.249 e. The molecule has 2 N–H and O–H groups in total. The summed E-state index contributed by atoms with van der Waals surface area (Å²) in [7, 11) is 0. The van der Waals surface area contributed by atoms with Crippen LogP contribution in [0.5, 0.6) is 0 Å². The van der Waals surface area contributed by atoms with Gasteiger partial charge in [0.15, 0.2) is 5.96 Å². The van der Waals surface area contributed by atoms with Crippen LogP contribution in [0.3, 0.4) is 0 Å². The molecule has 0 radical (unpaired) electrons. The zero-order valence-electron chi connectivity index (χ0n) is 10.1. The fourth-order valence-electron chi connectivity index (χ4n) is 2.64. The van der Waals surface area contributed by atoms with Crippen molar-refractivity contribution < 1.29 is 4.79 Å². The summed E-state index contributed by atoms with van der Waals surface area (Å²) in [6.07, 6.45) is 4.81. The molecule has 1 atom stereocenters. The van der Waals surface area contributed by atoms with Crippen LogP contribution in [0.15, 0.2) is 4.99 Å². The van der Waals surface area contributed by atoms with Gasteiger partial charge in [0.25, 0.3) is 0 Å². The van der Waals surface area contributed by atoms with Crippen molar-refractivity contribution in [1.82, 2.24) is 10.6 Å². The van der Waals surface area contributed by atoms with Gasteiger partial charge in [-0.15, -0.1) is 0 Å². The highest BCUT2D eigenvalue weighted by molar-refractivity contribution is 6.06. The molecule has 1 heterocycles. The predicted molar refractivity (Wildman–Crippen MR) is 64.2 cm³/mol. The molecule has 1 aliphatic carbocycles. The summed E-state index contributed by atoms with van der Waals surface area (Å²) in [6.45, 7) is 4.97. The molecule has 4 heteroatoms. The summed E-state index contributed by atoms with van der Waals surface area (Å²) >= 11 is 0. The van der Waals surface area contributed by atoms with E-state index in [-0.39, 0.29) is 11.9 Å². The number of nitrogens with one attached hydrogen (secondary N) is 2. The van der Waals surface area contributed by atoms with E-state index in [1.54, 1.807) is 0 Å². The molecular weight excluding hydrogens is 202 g/mol. The van der Waals surface area contributed by atoms with Crippen LogP contribution < -0.4 is 10.6 Å². The summed E-state index contributed by atoms with van der Waals surface area (Å²) in [4.78, 5) is 16.0. The topological polar surface area (TPSA) is 53.5 Å². The SMILES string of the molecule is CCN=C1NC(=O)C(C2CCC(C)CC2)N1. The average molecular weight is 223 g/mol. The Labute approximate surface area is 96.9 Å². The first-order valence-electron chi connectivity index (χ1n) is 6.32. The molecule has 4 nitrogen and oxygen atoms in total. The van der Waals surface area contributed by atoms with E-state index in [0.29, 0.717) is 18.4 Å². The van der Waals surface area contributed by atoms with Gasteiger partial charge in [-0.25, -0.2) is 0 Å². The molecule has 0 aromatic carbocycles. The van der Waals surface area contributed by atoms with Gasteiger partial charge in [-0.3, -0.25) is 15.1 Å². The van der Waals surface area contributed by atoms with Crippen molar-refractivity contribution in [3.05, 3.63) is 0 Å². The maximum atomic E-state index is 11.8. The summed E-state index contributed by atoms with van der Waals surface area (Å²) < 4.78 is 0. The van der Waals surface area contributed by atoms with E-state index in [0.717, 1.165) is 18.8 Å². The molecule has 90 valence electrons. The molecule has 16 heavy (non-hydrogen) atoms. The normalized spacial score (nSPS) is 37.2. The van der Waals surface area contributed by atoms with Crippen LogP contribution in [0.1, 0.15) is 39.5 Å². The van der Waals surface area contributed by atoms with Gasteiger partial charge in [-0.05, 0) is 31.6 Å². The van der Waals surface area contributed by atoms with Crippen LogP contribution in [0.25, 0.3) is 0 Å². The Kier molecular flexibility index (Phi) is 3.46. The minimum Gasteiger partial charge on any atom is -0.344 e. The first-order chi connectivity index (χ1) is 7.70. The Morgan fingerprint density at radius 2 is 2.00 bits per heavy atom. The highest BCUT2D eigenvalue weighted by Gasteiger charge is 2.36. The van der Waals surface area contributed by atoms with Crippen LogP contribution in [-0.4, -0.2) is 24.5 Å². The third kappa shape index (κ3) is 2.36. The molecule has 0 bridgehead atoms. The Balaban J connectivity index is 1.95. The largest absolute Gasteiger partial charge is 0.344 e. The fourth-order valence-corrected chi connectivity index (χ4v) is 2.64. The zero-order chi connectivity index (χ0) is 11.5. The van der Waals surface area contributed by atoms with E-state index in [2.05, 4.69) is 22.5 Å². The van der Waals surface area contributed by atoms with Gasteiger partial charge in [0.05, 0.1) is 0 Å². The van der Waals surface area contributed by atoms with E-state index < -0.39 is 0 Å². The molecule has 0 aromatic heterocycles. The number of hydrogen-bond donors (Lipinski definition) is 2. The van der Waals surface area contributed by atoms with E-state index in [1.807, 2.05) is 6.92 Å². The van der Waals surface area contributed by atoms with Gasteiger partial charge in [0.1, 0.15) is 6.04 Å². The minimum absolute atomic E-state index is 0.0437. The van der Waals surface area contributed by atoms with Gasteiger partial charge < -0.3 is 5.32 Å². The maximum absolute atomic E-state index is 11.8. The molecule has 2 rings (SSSR count). The number of nitrogens with zero attached hydrogens (tertiary/aromatic N) is 1. The molecule has 2 aliphatic rings. The summed E-state index contributed by atoms with van der Waals surface area (Å²) in [5.74, 6) is 2.08. The highest BCUT2D eigenvalue weighted by atomic mass is 16.2. The Morgan fingerprint density at radius 1 is 1.31 bits per heavy atom. The number of rotatable bonds is 2. The number of carbonyl (C=O) groups excluding carboxylic acids is 1. The Bertz CT molecular complexity index is 293. The van der Waals surface area contributed by atoms with E-state index in [4.69, 9.17) is 0 Å². The minimum atomic E-state index is -0.0437. The van der Waals surface area contributed by atoms with Crippen LogP contribution >= 0.6 is 0 Å². The van der Waals surface area contributed by atoms with Crippen molar-refractivity contribution in [3.63, 3.8) is 0 Å². The number of guanidine groups is 1. The Morgan fingerprint density at radius 3 is 2.62 bits per heavy atom. The van der Waals surface area contributed by atoms with Crippen molar-refractivity contribution >= 4 is 11.9 Å². The van der Waals surface area contributed by atoms with Gasteiger partial charge in [0.2, 0.25) is 5.91 Å². The Hall–Kier alpha value is -1.06. The molecule has 0 aromatic rings. The molecule has 1 saturated heterocycles. The summed E-state index contributed by atoms with van der Waals surface area (Å²) in [5, 5.41) is 6.03. The molecule has 1 saturated carbocycles. The lowest BCUT2D eigenvalue weighted by Gasteiger charge is -2.29. The molecule has 1 unspecified atom stereocenters. The average Bonchev–Trinajstić information content (AvgIpc) is 2.61. The van der Waals surface area contributed by atoms with Crippen LogP contribution in [-0.2, 0) is 4.79 Å². The standard InChI is InChI=1S/C12H21N3O/c1-3-13-12-14-10(11(16)15-12)9-6-4-8(2)5-7-9/h8-10H,3-7H2,1-2H3,(H2,13,14,15,16). The molecule has 0 spiro atoms. The van der Waals surface area contributed by atoms with Crippen LogP contribution in [0, 0.1) is 11.8 Å². The predicted octanol–water partition coefficient (Wildman–Crippen LogP) is 1.28. The lowest BCUT2D eigenvalue weighted by Crippen LogP contribution is -2.38. The second-order valence-electron chi connectivity index (χ2n) is 4.95. The lowest BCUT2D eigenvalue weighted by atomic mass is 9.79. The molecule has 1 amide bonds. The molecule has 1 aliphatic heterocycles. The third-order valence-electron chi connectivity index (χ3n) is 3.66. The number of carbonyl (C=O) groups is 1. The lowest BCUT2D eigenvalue weighted by molar-refractivity contribution is -0.121. The van der Waals surface area contributed by atoms with Crippen LogP contribution in [0.4, 0.5) is 0 Å². The fraction of sp³-hybridized carbons (Fsp3) is 0.833. The number of aliphatic imine (C=N–C) groups is 1. The number of amides is 1. The molecule has 2 fully saturated rings. The molecular formula is C12H21N3O. The van der Waals surface area contributed by atoms with E-state index >= 15 is 0 Å². The number of hydrogen-bond acceptors (Lipinski definition) is 2. The van der Waals surface area contributed by atoms with Crippen molar-refractivity contribution in [2.24, 2.45) is 16.8 Å². The van der Waals surface area contributed by atoms with Gasteiger partial charge in [-0.1, -0.05) is 19.8 Å². The first kappa shape index (κ1) is 11.4. The quantitative estimate of drug-likeness (QED) is 0.741. The monoisotopic (exact) mass is 223 g/mol. The first-order valence-corrected chi connectivity index (χ1v) is 6.32. The second-order valence-corrected chi connectivity index (χ2v) is 4.95. The zero-order valence-corrected chi connectivity index (χ0v) is 10.1. The smallest absolute Gasteiger partial charge is 0.249 e. The van der Waals surface area contributed by atoms with Gasteiger partial charge in [0, 0.05) is 6.54 Å². The van der Waals surface area contributed by atoms with Crippen molar-refractivity contribution in [2.45, 2.75) is 45.6 Å². The van der Waals surface area contributed by atoms with Crippen LogP contribution in [0.2, 0.25) is 0 Å². The van der Waals surface area contributed by atoms with Crippen molar-refractivity contribution in [3.8, 4) is 0 Å². The van der Waals surface area contributed by atoms with Crippen molar-refractivity contribution in [1.29, 1.82) is 0 Å². The van der Waals surface area contributed by atoms with E-state index in [1.165, 1.54) is 12.8 Å². The second kappa shape index (κ2) is 4.85. The van der Waals surface area contributed by atoms with E-state index in [9.17, 15) is 4.79 Å².